The first-order chi connectivity index (χ1) is 44.4. The third-order valence-electron chi connectivity index (χ3n) is 15.5. The molecule has 12 heteroatoms. The minimum Gasteiger partial charge on any atom is -0.354 e. The lowest BCUT2D eigenvalue weighted by molar-refractivity contribution is 0.801. The van der Waals surface area contributed by atoms with E-state index < -0.39 is 0 Å². The molecule has 2 aliphatic rings. The second-order valence-electron chi connectivity index (χ2n) is 33.9. The molecule has 4 nitrogen and oxygen atoms in total. The fourth-order valence-corrected chi connectivity index (χ4v) is 17.2. The van der Waals surface area contributed by atoms with E-state index >= 15 is 0 Å². The molecule has 0 amide bonds. The van der Waals surface area contributed by atoms with Crippen molar-refractivity contribution in [3.8, 4) is 44.5 Å². The van der Waals surface area contributed by atoms with E-state index in [-0.39, 0.29) is 38.0 Å². The third-order valence-corrected chi connectivity index (χ3v) is 26.2. The summed E-state index contributed by atoms with van der Waals surface area (Å²) in [5.74, 6) is 7.22. The van der Waals surface area contributed by atoms with Crippen molar-refractivity contribution in [3.05, 3.63) is 164 Å². The minimum atomic E-state index is 0.0941. The van der Waals surface area contributed by atoms with Gasteiger partial charge in [0.1, 0.15) is 0 Å². The molecule has 3 aromatic heterocycles. The van der Waals surface area contributed by atoms with Crippen molar-refractivity contribution < 1.29 is 0 Å². The molecule has 4 aromatic carbocycles. The van der Waals surface area contributed by atoms with Crippen LogP contribution in [0.5, 0.6) is 0 Å². The maximum Gasteiger partial charge on any atom is 0.0737 e. The van der Waals surface area contributed by atoms with Crippen LogP contribution in [0.3, 0.4) is 0 Å². The van der Waals surface area contributed by atoms with E-state index in [9.17, 15) is 0 Å². The topological polar surface area (TPSA) is 57.4 Å². The smallest absolute Gasteiger partial charge is 0.0737 e. The SMILES string of the molecule is CC(C)(C)SCc1cc(CSC(C)(C)C)cc(-c2c3nc(c(-c4cc(CSC(C)(C)C)cc(CSC(C)(C)C)c4)c4ccc([nH]4)c(-c4cc(CSC(C)(C)C)cc(CSC(C)(C)C)c4)c4nc(c(-c5cc(CSC(C)(C)C)cc(CSC(C)(C)C)c5)c5ccc2[nH]5)C=C4)C=C3)c1. The Balaban J connectivity index is 1.48. The predicted molar refractivity (Wildman–Crippen MR) is 449 cm³/mol. The molecule has 5 heterocycles. The Morgan fingerprint density at radius 2 is 0.375 bits per heavy atom. The number of fused-ring (bicyclic) bond motifs is 8. The summed E-state index contributed by atoms with van der Waals surface area (Å²) in [6, 6.07) is 38.8. The number of hydrogen-bond acceptors (Lipinski definition) is 10. The summed E-state index contributed by atoms with van der Waals surface area (Å²) in [7, 11) is 0. The maximum absolute atomic E-state index is 5.99. The molecule has 0 spiro atoms. The van der Waals surface area contributed by atoms with Gasteiger partial charge in [-0.15, -0.1) is 0 Å². The molecule has 0 saturated heterocycles. The molecule has 8 bridgehead atoms. The van der Waals surface area contributed by atoms with Crippen molar-refractivity contribution in [1.82, 2.24) is 19.9 Å². The minimum absolute atomic E-state index is 0.0941. The van der Waals surface area contributed by atoms with Crippen LogP contribution in [0, 0.1) is 0 Å². The molecule has 0 atom stereocenters. The van der Waals surface area contributed by atoms with Crippen LogP contribution in [-0.2, 0) is 46.0 Å². The molecule has 96 heavy (non-hydrogen) atoms. The number of rotatable bonds is 20. The van der Waals surface area contributed by atoms with E-state index in [1.807, 2.05) is 94.1 Å². The highest BCUT2D eigenvalue weighted by molar-refractivity contribution is 8.01. The van der Waals surface area contributed by atoms with E-state index in [4.69, 9.17) is 9.97 Å². The molecule has 0 fully saturated rings. The number of thioether (sulfide) groups is 8. The van der Waals surface area contributed by atoms with Gasteiger partial charge in [-0.2, -0.15) is 94.1 Å². The average molecular weight is 1430 g/mol. The summed E-state index contributed by atoms with van der Waals surface area (Å²) in [5.41, 5.74) is 27.4. The first kappa shape index (κ1) is 76.5. The summed E-state index contributed by atoms with van der Waals surface area (Å²) in [6.45, 7) is 55.9. The molecule has 7 aromatic rings. The molecular formula is C84H110N4S8. The Labute approximate surface area is 614 Å². The molecule has 0 saturated carbocycles. The van der Waals surface area contributed by atoms with Crippen molar-refractivity contribution in [2.75, 3.05) is 0 Å². The van der Waals surface area contributed by atoms with Crippen molar-refractivity contribution in [1.29, 1.82) is 0 Å². The molecule has 514 valence electrons. The quantitative estimate of drug-likeness (QED) is 0.0772. The van der Waals surface area contributed by atoms with Crippen LogP contribution >= 0.6 is 94.1 Å². The highest BCUT2D eigenvalue weighted by Gasteiger charge is 2.25. The van der Waals surface area contributed by atoms with Crippen LogP contribution in [0.1, 0.15) is 233 Å². The van der Waals surface area contributed by atoms with Gasteiger partial charge in [0, 0.05) is 128 Å². The number of H-pyrrole nitrogens is 2. The van der Waals surface area contributed by atoms with Crippen LogP contribution < -0.4 is 0 Å². The number of aromatic amines is 2. The van der Waals surface area contributed by atoms with Gasteiger partial charge >= 0.3 is 0 Å². The van der Waals surface area contributed by atoms with Crippen LogP contribution in [0.4, 0.5) is 0 Å². The fraction of sp³-hybridized carbons (Fsp3) is 0.476. The standard InChI is InChI=1S/C84H110N4S8/c1-77(2,3)89-45-53-33-54(46-90-78(4,5)6)38-61(37-53)73-65-25-27-67(85-65)74(62-39-55(47-91-79(7,8)9)34-56(40-62)48-92-80(10,11)12)69-29-31-71(87-69)76(64-43-59(51-95-83(19,20)21)36-60(44-64)52-96-84(22,23)24)72-32-30-70(88-72)75(68-28-26-66(73)86-68)63-41-57(49-93-81(13,14)15)35-58(42-63)50-94-82(16,17)18/h25-44,85,88H,45-52H2,1-24H3. The molecule has 9 rings (SSSR count). The number of benzene rings is 4. The van der Waals surface area contributed by atoms with Gasteiger partial charge in [0.25, 0.3) is 0 Å². The van der Waals surface area contributed by atoms with Crippen molar-refractivity contribution >= 4 is 140 Å². The molecule has 0 aliphatic carbocycles. The summed E-state index contributed by atoms with van der Waals surface area (Å²) < 4.78 is 0.753. The zero-order chi connectivity index (χ0) is 70.1. The molecule has 0 radical (unpaired) electrons. The van der Waals surface area contributed by atoms with Crippen molar-refractivity contribution in [2.45, 2.75) is 250 Å². The van der Waals surface area contributed by atoms with Crippen molar-refractivity contribution in [3.63, 3.8) is 0 Å². The van der Waals surface area contributed by atoms with Crippen molar-refractivity contribution in [2.24, 2.45) is 0 Å². The monoisotopic (exact) mass is 1430 g/mol. The van der Waals surface area contributed by atoms with Crippen LogP contribution in [0.15, 0.2) is 97.1 Å². The van der Waals surface area contributed by atoms with E-state index in [2.05, 4.69) is 298 Å². The first-order valence-corrected chi connectivity index (χ1v) is 42.1. The maximum atomic E-state index is 5.99. The van der Waals surface area contributed by atoms with Gasteiger partial charge in [-0.1, -0.05) is 239 Å². The molecule has 0 unspecified atom stereocenters. The van der Waals surface area contributed by atoms with Gasteiger partial charge < -0.3 is 9.97 Å². The number of nitrogens with one attached hydrogen (secondary N) is 2. The highest BCUT2D eigenvalue weighted by atomic mass is 32.2. The van der Waals surface area contributed by atoms with Gasteiger partial charge in [0.15, 0.2) is 0 Å². The summed E-state index contributed by atoms with van der Waals surface area (Å²) in [5, 5.41) is 0. The van der Waals surface area contributed by atoms with E-state index in [0.717, 1.165) is 135 Å². The fourth-order valence-electron chi connectivity index (χ4n) is 11.1. The van der Waals surface area contributed by atoms with E-state index in [0.29, 0.717) is 0 Å². The van der Waals surface area contributed by atoms with Crippen LogP contribution in [0.25, 0.3) is 90.9 Å². The second kappa shape index (κ2) is 30.5. The first-order valence-electron chi connectivity index (χ1n) is 34.2. The van der Waals surface area contributed by atoms with E-state index in [1.54, 1.807) is 0 Å². The highest BCUT2D eigenvalue weighted by Crippen LogP contribution is 2.45. The van der Waals surface area contributed by atoms with Gasteiger partial charge in [0.2, 0.25) is 0 Å². The third kappa shape index (κ3) is 23.2. The van der Waals surface area contributed by atoms with Gasteiger partial charge in [-0.05, 0) is 115 Å². The second-order valence-corrected chi connectivity index (χ2v) is 48.3. The van der Waals surface area contributed by atoms with Gasteiger partial charge in [-0.25, -0.2) is 9.97 Å². The lowest BCUT2D eigenvalue weighted by Crippen LogP contribution is -2.08. The lowest BCUT2D eigenvalue weighted by atomic mass is 9.99. The molecule has 2 aliphatic heterocycles. The van der Waals surface area contributed by atoms with Crippen LogP contribution in [-0.4, -0.2) is 57.9 Å². The normalized spacial score (nSPS) is 13.6. The van der Waals surface area contributed by atoms with E-state index in [1.165, 1.54) is 44.5 Å². The van der Waals surface area contributed by atoms with Gasteiger partial charge in [0.05, 0.1) is 22.8 Å². The molecular weight excluding hydrogens is 1320 g/mol. The summed E-state index contributed by atoms with van der Waals surface area (Å²) in [4.78, 5) is 20.4. The largest absolute Gasteiger partial charge is 0.354 e. The Hall–Kier alpha value is -3.72. The Morgan fingerprint density at radius 1 is 0.229 bits per heavy atom. The zero-order valence-electron chi connectivity index (χ0n) is 62.4. The number of aromatic nitrogens is 4. The predicted octanol–water partition coefficient (Wildman–Crippen LogP) is 27.6. The van der Waals surface area contributed by atoms with Crippen LogP contribution in [0.2, 0.25) is 0 Å². The number of nitrogens with zero attached hydrogens (tertiary/aromatic N) is 2. The lowest BCUT2D eigenvalue weighted by Gasteiger charge is -2.20. The Morgan fingerprint density at radius 3 is 0.510 bits per heavy atom. The Kier molecular flexibility index (Phi) is 24.3. The average Bonchev–Trinajstić information content (AvgIpc) is 1.59. The zero-order valence-corrected chi connectivity index (χ0v) is 68.9. The Bertz CT molecular complexity index is 3490. The molecule has 2 N–H and O–H groups in total. The summed E-state index contributed by atoms with van der Waals surface area (Å²) >= 11 is 16.1. The van der Waals surface area contributed by atoms with Gasteiger partial charge in [-0.3, -0.25) is 0 Å². The summed E-state index contributed by atoms with van der Waals surface area (Å²) in [6.07, 6.45) is 9.18. The number of hydrogen-bond donors (Lipinski definition) is 2.